The van der Waals surface area contributed by atoms with E-state index in [0.717, 1.165) is 0 Å². The molecule has 0 fully saturated rings. The van der Waals surface area contributed by atoms with Crippen LogP contribution in [0.15, 0.2) is 0 Å². The second kappa shape index (κ2) is 10.3. The number of Topliss-reactive ketones (excluding diaryl/α,β-unsaturated/α-hetero) is 1. The Morgan fingerprint density at radius 3 is 2.76 bits per heavy atom. The summed E-state index contributed by atoms with van der Waals surface area (Å²) in [5, 5.41) is 0.500. The van der Waals surface area contributed by atoms with E-state index in [9.17, 15) is 14.4 Å². The lowest BCUT2D eigenvalue weighted by Gasteiger charge is -2.19. The van der Waals surface area contributed by atoms with Gasteiger partial charge in [0.05, 0.1) is 10.2 Å². The molecule has 0 aliphatic carbocycles. The van der Waals surface area contributed by atoms with Crippen LogP contribution in [-0.4, -0.2) is 52.2 Å². The van der Waals surface area contributed by atoms with E-state index in [1.807, 2.05) is 0 Å². The zero-order valence-corrected chi connectivity index (χ0v) is 12.5. The summed E-state index contributed by atoms with van der Waals surface area (Å²) in [4.78, 5) is 38.4. The van der Waals surface area contributed by atoms with Gasteiger partial charge >= 0.3 is 6.21 Å². The first-order valence-electron chi connectivity index (χ1n) is 9.06. The molecule has 0 bridgehead atoms. The normalized spacial score (nSPS) is 19.9. The molecule has 8 heteroatoms. The highest BCUT2D eigenvalue weighted by molar-refractivity contribution is 8.14. The predicted octanol–water partition coefficient (Wildman–Crippen LogP) is 0.824. The smallest absolute Gasteiger partial charge is 0.323 e. The highest BCUT2D eigenvalue weighted by Crippen LogP contribution is 2.16. The van der Waals surface area contributed by atoms with Gasteiger partial charge in [-0.15, -0.1) is 0 Å². The van der Waals surface area contributed by atoms with Crippen molar-refractivity contribution in [2.75, 3.05) is 7.04 Å². The molecule has 1 amide bonds. The minimum Gasteiger partial charge on any atom is -0.372 e. The van der Waals surface area contributed by atoms with E-state index in [1.165, 1.54) is 13.8 Å². The molecule has 21 heavy (non-hydrogen) atoms. The van der Waals surface area contributed by atoms with Crippen molar-refractivity contribution in [3.8, 4) is 0 Å². The second-order valence-electron chi connectivity index (χ2n) is 4.15. The first-order chi connectivity index (χ1) is 12.2. The zero-order chi connectivity index (χ0) is 21.4. The van der Waals surface area contributed by atoms with Gasteiger partial charge in [0.25, 0.3) is 0 Å². The Hall–Kier alpha value is -1.50. The number of carbonyl (C=O) groups excluding carboxylic acids is 3. The molecule has 1 N–H and O–H groups in total. The third-order valence-corrected chi connectivity index (χ3v) is 3.19. The average Bonchev–Trinajstić information content (AvgIpc) is 2.48. The number of ether oxygens (including phenoxy) is 1. The van der Waals surface area contributed by atoms with Crippen molar-refractivity contribution in [1.29, 1.82) is 0 Å². The van der Waals surface area contributed by atoms with Crippen LogP contribution in [0.2, 0.25) is 0 Å². The molecule has 0 aromatic carbocycles. The lowest BCUT2D eigenvalue weighted by atomic mass is 10.1. The summed E-state index contributed by atoms with van der Waals surface area (Å²) in [6, 6.07) is -1.26. The predicted molar refractivity (Wildman–Crippen MR) is 80.1 cm³/mol. The van der Waals surface area contributed by atoms with Crippen molar-refractivity contribution < 1.29 is 32.1 Å². The fourth-order valence-corrected chi connectivity index (χ4v) is 1.95. The summed E-state index contributed by atoms with van der Waals surface area (Å²) in [6.45, 7) is 0.0787. The van der Waals surface area contributed by atoms with Crippen molar-refractivity contribution in [2.24, 2.45) is 0 Å². The van der Waals surface area contributed by atoms with Gasteiger partial charge in [-0.3, -0.25) is 14.4 Å². The number of hydrogen-bond acceptors (Lipinski definition) is 5. The van der Waals surface area contributed by atoms with E-state index in [2.05, 4.69) is 14.8 Å². The SMILES string of the molecule is [2H]C([2H])([2H])O[C@@H](C)C(=O)N[C@@H](CCC(=O)C=[N+]=[N-])C(=O)SC(C)C([2H])([2H])[2H]. The quantitative estimate of drug-likeness (QED) is 0.384. The van der Waals surface area contributed by atoms with Gasteiger partial charge in [0.1, 0.15) is 6.10 Å². The minimum absolute atomic E-state index is 0.198. The molecular weight excluding hydrogens is 294 g/mol. The molecule has 0 radical (unpaired) electrons. The molecular formula is C13H21N3O4S. The van der Waals surface area contributed by atoms with Crippen LogP contribution in [-0.2, 0) is 19.1 Å². The summed E-state index contributed by atoms with van der Waals surface area (Å²) in [7, 11) is -2.83. The lowest BCUT2D eigenvalue weighted by molar-refractivity contribution is -0.132. The van der Waals surface area contributed by atoms with Crippen LogP contribution in [0.4, 0.5) is 0 Å². The molecule has 7 nitrogen and oxygen atoms in total. The topological polar surface area (TPSA) is 109 Å². The van der Waals surface area contributed by atoms with Crippen LogP contribution in [0.25, 0.3) is 5.53 Å². The van der Waals surface area contributed by atoms with Crippen LogP contribution in [0.3, 0.4) is 0 Å². The number of nitrogens with zero attached hydrogens (tertiary/aromatic N) is 2. The largest absolute Gasteiger partial charge is 0.372 e. The van der Waals surface area contributed by atoms with E-state index in [1.54, 1.807) is 0 Å². The molecule has 3 atom stereocenters. The molecule has 0 aromatic rings. The fraction of sp³-hybridized carbons (Fsp3) is 0.692. The molecule has 0 saturated heterocycles. The molecule has 118 valence electrons. The number of carbonyl (C=O) groups is 3. The zero-order valence-electron chi connectivity index (χ0n) is 17.7. The molecule has 0 aromatic heterocycles. The van der Waals surface area contributed by atoms with Crippen LogP contribution < -0.4 is 5.32 Å². The van der Waals surface area contributed by atoms with E-state index in [0.29, 0.717) is 18.0 Å². The standard InChI is InChI=1S/C13H21N3O4S/c1-8(2)21-13(19)11(6-5-10(17)7-15-14)16-12(18)9(3)20-4/h7-9,11H,5-6H2,1-4H3,(H,16,18)/t9-,11-/m0/s1/i1D3,4D3/t8?,9-,11-. The third kappa shape index (κ3) is 8.39. The molecule has 0 aliphatic heterocycles. The lowest BCUT2D eigenvalue weighted by Crippen LogP contribution is -2.45. The number of methoxy groups -OCH3 is 1. The number of ketones is 1. The third-order valence-electron chi connectivity index (χ3n) is 2.32. The Bertz CT molecular complexity index is 604. The Kier molecular flexibility index (Phi) is 5.43. The molecule has 0 saturated carbocycles. The highest BCUT2D eigenvalue weighted by atomic mass is 32.2. The van der Waals surface area contributed by atoms with Crippen molar-refractivity contribution in [2.45, 2.75) is 50.9 Å². The first kappa shape index (κ1) is 11.1. The van der Waals surface area contributed by atoms with Gasteiger partial charge in [-0.1, -0.05) is 25.5 Å². The number of rotatable bonds is 9. The van der Waals surface area contributed by atoms with Crippen LogP contribution in [0.1, 0.15) is 41.8 Å². The van der Waals surface area contributed by atoms with E-state index >= 15 is 0 Å². The van der Waals surface area contributed by atoms with Gasteiger partial charge in [-0.2, -0.15) is 4.79 Å². The average molecular weight is 321 g/mol. The van der Waals surface area contributed by atoms with Gasteiger partial charge in [-0.25, -0.2) is 0 Å². The van der Waals surface area contributed by atoms with Crippen LogP contribution >= 0.6 is 11.8 Å². The number of thioether (sulfide) groups is 1. The number of amides is 1. The second-order valence-corrected chi connectivity index (χ2v) is 5.50. The molecule has 0 heterocycles. The summed E-state index contributed by atoms with van der Waals surface area (Å²) < 4.78 is 47.4. The Labute approximate surface area is 136 Å². The van der Waals surface area contributed by atoms with Crippen LogP contribution in [0.5, 0.6) is 0 Å². The van der Waals surface area contributed by atoms with Gasteiger partial charge < -0.3 is 15.6 Å². The molecule has 0 spiro atoms. The first-order valence-corrected chi connectivity index (χ1v) is 6.94. The van der Waals surface area contributed by atoms with E-state index in [-0.39, 0.29) is 12.8 Å². The van der Waals surface area contributed by atoms with Gasteiger partial charge in [0, 0.05) is 22.8 Å². The summed E-state index contributed by atoms with van der Waals surface area (Å²) >= 11 is 0.484. The summed E-state index contributed by atoms with van der Waals surface area (Å²) in [5.41, 5.74) is 8.32. The maximum absolute atomic E-state index is 12.4. The Morgan fingerprint density at radius 1 is 1.48 bits per heavy atom. The number of hydrogen-bond donors (Lipinski definition) is 1. The van der Waals surface area contributed by atoms with Crippen molar-refractivity contribution in [3.63, 3.8) is 0 Å². The molecule has 0 aliphatic rings. The van der Waals surface area contributed by atoms with Gasteiger partial charge in [-0.05, 0) is 13.3 Å². The van der Waals surface area contributed by atoms with Gasteiger partial charge in [0.15, 0.2) is 0 Å². The van der Waals surface area contributed by atoms with Crippen LogP contribution in [0, 0.1) is 0 Å². The van der Waals surface area contributed by atoms with Crippen molar-refractivity contribution >= 4 is 34.8 Å². The van der Waals surface area contributed by atoms with E-state index in [4.69, 9.17) is 13.8 Å². The van der Waals surface area contributed by atoms with Gasteiger partial charge in [0.2, 0.25) is 16.8 Å². The molecule has 1 unspecified atom stereocenters. The van der Waals surface area contributed by atoms with E-state index < -0.39 is 48.1 Å². The summed E-state index contributed by atoms with van der Waals surface area (Å²) in [6.07, 6.45) is -1.25. The summed E-state index contributed by atoms with van der Waals surface area (Å²) in [5.74, 6) is -1.53. The maximum atomic E-state index is 12.4. The van der Waals surface area contributed by atoms with Crippen molar-refractivity contribution in [1.82, 2.24) is 5.32 Å². The Balaban J connectivity index is 5.17. The Morgan fingerprint density at radius 2 is 2.19 bits per heavy atom. The minimum atomic E-state index is -2.83. The highest BCUT2D eigenvalue weighted by Gasteiger charge is 2.25. The number of nitrogens with one attached hydrogen (secondary N) is 1. The monoisotopic (exact) mass is 321 g/mol. The molecule has 0 rings (SSSR count). The maximum Gasteiger partial charge on any atom is 0.323 e. The van der Waals surface area contributed by atoms with Crippen molar-refractivity contribution in [3.05, 3.63) is 5.53 Å². The fourth-order valence-electron chi connectivity index (χ4n) is 1.26.